The van der Waals surface area contributed by atoms with Crippen LogP contribution in [0.3, 0.4) is 0 Å². The van der Waals surface area contributed by atoms with Crippen LogP contribution < -0.4 is 10.2 Å². The molecule has 0 bridgehead atoms. The van der Waals surface area contributed by atoms with Gasteiger partial charge in [-0.1, -0.05) is 0 Å². The third-order valence-corrected chi connectivity index (χ3v) is 2.93. The van der Waals surface area contributed by atoms with Crippen LogP contribution in [0.2, 0.25) is 0 Å². The Morgan fingerprint density at radius 1 is 1.44 bits per heavy atom. The van der Waals surface area contributed by atoms with Crippen LogP contribution in [0.15, 0.2) is 12.1 Å². The second kappa shape index (κ2) is 4.11. The quantitative estimate of drug-likeness (QED) is 0.551. The highest BCUT2D eigenvalue weighted by atomic mass is 19.4. The molecule has 0 saturated carbocycles. The number of aliphatic hydroxyl groups is 1. The summed E-state index contributed by atoms with van der Waals surface area (Å²) in [5, 5.41) is 18.0. The summed E-state index contributed by atoms with van der Waals surface area (Å²) in [5.41, 5.74) is -1.19. The lowest BCUT2D eigenvalue weighted by Crippen LogP contribution is -2.74. The molecule has 1 aromatic rings. The first-order chi connectivity index (χ1) is 8.29. The van der Waals surface area contributed by atoms with E-state index in [9.17, 15) is 13.2 Å². The van der Waals surface area contributed by atoms with Crippen LogP contribution >= 0.6 is 0 Å². The van der Waals surface area contributed by atoms with Crippen molar-refractivity contribution in [3.8, 4) is 5.75 Å². The van der Waals surface area contributed by atoms with Crippen molar-refractivity contribution in [2.75, 3.05) is 6.61 Å². The van der Waals surface area contributed by atoms with Gasteiger partial charge < -0.3 is 9.84 Å². The second-order valence-electron chi connectivity index (χ2n) is 4.56. The van der Waals surface area contributed by atoms with Crippen molar-refractivity contribution in [3.63, 3.8) is 0 Å². The van der Waals surface area contributed by atoms with Crippen LogP contribution in [0.1, 0.15) is 18.1 Å². The molecule has 100 valence electrons. The van der Waals surface area contributed by atoms with E-state index in [0.29, 0.717) is 17.5 Å². The second-order valence-corrected chi connectivity index (χ2v) is 4.56. The Bertz CT molecular complexity index is 475. The average Bonchev–Trinajstić information content (AvgIpc) is 2.62. The number of alkyl halides is 3. The van der Waals surface area contributed by atoms with Crippen LogP contribution in [0.25, 0.3) is 0 Å². The molecule has 0 radical (unpaired) electrons. The maximum atomic E-state index is 12.7. The lowest BCUT2D eigenvalue weighted by Gasteiger charge is -2.20. The minimum absolute atomic E-state index is 0.101. The zero-order valence-electron chi connectivity index (χ0n) is 9.58. The van der Waals surface area contributed by atoms with Gasteiger partial charge in [0.25, 0.3) is 0 Å². The third-order valence-electron chi connectivity index (χ3n) is 2.93. The molecule has 0 spiro atoms. The van der Waals surface area contributed by atoms with Gasteiger partial charge in [0.1, 0.15) is 16.9 Å². The van der Waals surface area contributed by atoms with Gasteiger partial charge in [0.15, 0.2) is 5.69 Å². The molecular weight excluding hydrogens is 251 g/mol. The molecule has 1 aliphatic heterocycles. The Labute approximate surface area is 101 Å². The number of hydrogen-bond acceptors (Lipinski definition) is 3. The maximum absolute atomic E-state index is 12.7. The highest BCUT2D eigenvalue weighted by Gasteiger charge is 2.41. The van der Waals surface area contributed by atoms with E-state index >= 15 is 0 Å². The van der Waals surface area contributed by atoms with Crippen molar-refractivity contribution < 1.29 is 33.7 Å². The van der Waals surface area contributed by atoms with Crippen molar-refractivity contribution >= 4 is 5.69 Å². The molecule has 4 nitrogen and oxygen atoms in total. The molecule has 0 fully saturated rings. The normalized spacial score (nSPS) is 22.8. The van der Waals surface area contributed by atoms with Crippen LogP contribution in [-0.2, 0) is 12.6 Å². The molecule has 2 rings (SSSR count). The lowest BCUT2D eigenvalue weighted by atomic mass is 9.99. The summed E-state index contributed by atoms with van der Waals surface area (Å²) in [6.07, 6.45) is -4.26. The van der Waals surface area contributed by atoms with E-state index in [1.807, 2.05) is 0 Å². The molecule has 1 unspecified atom stereocenters. The van der Waals surface area contributed by atoms with E-state index in [4.69, 9.17) is 15.1 Å². The van der Waals surface area contributed by atoms with Gasteiger partial charge in [-0.05, 0) is 13.0 Å². The van der Waals surface area contributed by atoms with E-state index in [0.717, 1.165) is 6.07 Å². The van der Waals surface area contributed by atoms with E-state index < -0.39 is 17.3 Å². The monoisotopic (exact) mass is 264 g/mol. The zero-order valence-corrected chi connectivity index (χ0v) is 9.58. The molecule has 4 N–H and O–H groups in total. The van der Waals surface area contributed by atoms with Crippen LogP contribution in [-0.4, -0.2) is 22.5 Å². The predicted octanol–water partition coefficient (Wildman–Crippen LogP) is 0.975. The van der Waals surface area contributed by atoms with Crippen LogP contribution in [0.5, 0.6) is 5.75 Å². The maximum Gasteiger partial charge on any atom is 0.422 e. The minimum Gasteiger partial charge on any atom is -0.485 e. The number of hydrogen-bond donors (Lipinski definition) is 3. The molecule has 0 amide bonds. The first-order valence-electron chi connectivity index (χ1n) is 5.30. The smallest absolute Gasteiger partial charge is 0.422 e. The third kappa shape index (κ3) is 2.16. The Morgan fingerprint density at radius 3 is 2.61 bits per heavy atom. The molecule has 18 heavy (non-hydrogen) atoms. The topological polar surface area (TPSA) is 66.3 Å². The van der Waals surface area contributed by atoms with Crippen molar-refractivity contribution in [2.24, 2.45) is 0 Å². The summed E-state index contributed by atoms with van der Waals surface area (Å²) in [4.78, 5) is 0. The number of nitrogens with two attached hydrogens (primary N) is 1. The van der Waals surface area contributed by atoms with Crippen LogP contribution in [0, 0.1) is 0 Å². The lowest BCUT2D eigenvalue weighted by molar-refractivity contribution is -0.826. The number of rotatable bonds is 2. The number of halogens is 3. The molecule has 1 aliphatic rings. The molecule has 0 aliphatic carbocycles. The van der Waals surface area contributed by atoms with Gasteiger partial charge in [0, 0.05) is 18.1 Å². The van der Waals surface area contributed by atoms with Gasteiger partial charge >= 0.3 is 6.18 Å². The Kier molecular flexibility index (Phi) is 3.00. The molecule has 1 aromatic carbocycles. The molecule has 1 atom stereocenters. The van der Waals surface area contributed by atoms with Crippen molar-refractivity contribution in [3.05, 3.63) is 23.3 Å². The van der Waals surface area contributed by atoms with Crippen molar-refractivity contribution in [1.82, 2.24) is 0 Å². The summed E-state index contributed by atoms with van der Waals surface area (Å²) in [6.45, 7) is 1.32. The van der Waals surface area contributed by atoms with Gasteiger partial charge in [-0.15, -0.1) is 0 Å². The Balaban J connectivity index is 2.48. The van der Waals surface area contributed by atoms with Crippen LogP contribution in [0.4, 0.5) is 18.9 Å². The van der Waals surface area contributed by atoms with Crippen molar-refractivity contribution in [2.45, 2.75) is 25.1 Å². The molecule has 0 saturated heterocycles. The van der Waals surface area contributed by atoms with E-state index in [1.54, 1.807) is 6.92 Å². The largest absolute Gasteiger partial charge is 0.485 e. The highest BCUT2D eigenvalue weighted by molar-refractivity contribution is 5.53. The SMILES string of the molecule is CC1(CO)Cc2cc([NH2+]O)c(C(F)(F)F)cc2O1. The van der Waals surface area contributed by atoms with Gasteiger partial charge in [-0.2, -0.15) is 18.7 Å². The fourth-order valence-corrected chi connectivity index (χ4v) is 2.02. The standard InChI is InChI=1S/C11H12F3NO3/c1-10(5-16)4-6-2-8(15-17)7(11(12,13)14)3-9(6)18-10/h2-3,15-17H,4-5H2,1H3/p+1. The number of ether oxygens (including phenoxy) is 1. The van der Waals surface area contributed by atoms with E-state index in [2.05, 4.69) is 0 Å². The minimum atomic E-state index is -4.56. The average molecular weight is 264 g/mol. The number of benzene rings is 1. The van der Waals surface area contributed by atoms with E-state index in [1.165, 1.54) is 6.07 Å². The molecule has 0 aromatic heterocycles. The summed E-state index contributed by atoms with van der Waals surface area (Å²) in [6, 6.07) is 2.09. The van der Waals surface area contributed by atoms with Crippen molar-refractivity contribution in [1.29, 1.82) is 0 Å². The molecular formula is C11H13F3NO3+. The Hall–Kier alpha value is -1.31. The van der Waals surface area contributed by atoms with Gasteiger partial charge in [0.2, 0.25) is 0 Å². The zero-order chi connectivity index (χ0) is 13.6. The first-order valence-corrected chi connectivity index (χ1v) is 5.30. The summed E-state index contributed by atoms with van der Waals surface area (Å²) >= 11 is 0. The number of fused-ring (bicyclic) bond motifs is 1. The number of aliphatic hydroxyl groups excluding tert-OH is 1. The predicted molar refractivity (Wildman–Crippen MR) is 54.6 cm³/mol. The van der Waals surface area contributed by atoms with Gasteiger partial charge in [-0.3, -0.25) is 0 Å². The Morgan fingerprint density at radius 2 is 2.11 bits per heavy atom. The first kappa shape index (κ1) is 13.1. The fraction of sp³-hybridized carbons (Fsp3) is 0.455. The highest BCUT2D eigenvalue weighted by Crippen LogP contribution is 2.42. The summed E-state index contributed by atoms with van der Waals surface area (Å²) in [5.74, 6) is 0.101. The van der Waals surface area contributed by atoms with E-state index in [-0.39, 0.29) is 18.0 Å². The number of quaternary nitrogens is 1. The van der Waals surface area contributed by atoms with Gasteiger partial charge in [-0.25, -0.2) is 5.21 Å². The summed E-state index contributed by atoms with van der Waals surface area (Å²) in [7, 11) is 0. The fourth-order valence-electron chi connectivity index (χ4n) is 2.02. The molecule has 1 heterocycles. The molecule has 7 heteroatoms. The summed E-state index contributed by atoms with van der Waals surface area (Å²) < 4.78 is 43.6. The van der Waals surface area contributed by atoms with Gasteiger partial charge in [0.05, 0.1) is 6.61 Å².